The van der Waals surface area contributed by atoms with E-state index >= 15 is 0 Å². The Bertz CT molecular complexity index is 1280. The number of amides is 1. The third-order valence-corrected chi connectivity index (χ3v) is 7.14. The van der Waals surface area contributed by atoms with E-state index in [4.69, 9.17) is 18.9 Å². The van der Waals surface area contributed by atoms with Gasteiger partial charge in [0.1, 0.15) is 35.1 Å². The van der Waals surface area contributed by atoms with Gasteiger partial charge >= 0.3 is 6.16 Å². The normalized spacial score (nSPS) is 17.0. The summed E-state index contributed by atoms with van der Waals surface area (Å²) in [5.74, 6) is 1.66. The third-order valence-electron chi connectivity index (χ3n) is 6.49. The number of likely N-dealkylation sites (N-methyl/N-ethyl adjacent to an activating group) is 1. The Morgan fingerprint density at radius 3 is 2.36 bits per heavy atom. The first-order chi connectivity index (χ1) is 18.3. The molecule has 8 nitrogen and oxygen atoms in total. The summed E-state index contributed by atoms with van der Waals surface area (Å²) in [6.45, 7) is 13.6. The number of benzene rings is 2. The predicted octanol–water partition coefficient (Wildman–Crippen LogP) is 6.10. The zero-order valence-electron chi connectivity index (χ0n) is 23.9. The fourth-order valence-electron chi connectivity index (χ4n) is 4.27. The van der Waals surface area contributed by atoms with Crippen LogP contribution in [-0.2, 0) is 20.7 Å². The molecule has 0 spiro atoms. The van der Waals surface area contributed by atoms with Crippen molar-refractivity contribution in [1.29, 1.82) is 0 Å². The highest BCUT2D eigenvalue weighted by Crippen LogP contribution is 2.44. The van der Waals surface area contributed by atoms with Crippen LogP contribution in [0.4, 0.5) is 4.79 Å². The van der Waals surface area contributed by atoms with E-state index < -0.39 is 17.4 Å². The van der Waals surface area contributed by atoms with Gasteiger partial charge in [-0.05, 0) is 114 Å². The summed E-state index contributed by atoms with van der Waals surface area (Å²) in [4.78, 5) is 35.5. The van der Waals surface area contributed by atoms with Crippen LogP contribution in [0, 0.1) is 20.8 Å². The van der Waals surface area contributed by atoms with Gasteiger partial charge in [-0.2, -0.15) is 0 Å². The lowest BCUT2D eigenvalue weighted by Gasteiger charge is -2.37. The van der Waals surface area contributed by atoms with Crippen LogP contribution in [0.1, 0.15) is 61.9 Å². The Kier molecular flexibility index (Phi) is 9.38. The van der Waals surface area contributed by atoms with E-state index in [0.717, 1.165) is 51.7 Å². The predicted molar refractivity (Wildman–Crippen MR) is 153 cm³/mol. The van der Waals surface area contributed by atoms with Crippen LogP contribution in [0.5, 0.6) is 17.2 Å². The average Bonchev–Trinajstić information content (AvgIpc) is 2.87. The standard InChI is InChI=1S/C30H37NO7S/c1-18-19(2)26-23(20(3)25(18)36-28(34)38-29(4,5)6)13-14-30(7,37-26)16-35-22-11-9-21(10-12-22)15-24(39-17-32)27(33)31-8/h9-12,15,17H,13-14,16H2,1-8H3,(H,31,33)/b24-15-. The minimum Gasteiger partial charge on any atom is -0.489 e. The molecule has 2 aromatic rings. The summed E-state index contributed by atoms with van der Waals surface area (Å²) < 4.78 is 23.6. The van der Waals surface area contributed by atoms with Crippen LogP contribution < -0.4 is 19.5 Å². The Labute approximate surface area is 234 Å². The molecule has 0 aromatic heterocycles. The highest BCUT2D eigenvalue weighted by atomic mass is 32.2. The second kappa shape index (κ2) is 12.2. The summed E-state index contributed by atoms with van der Waals surface area (Å²) in [5, 5.41) is 2.53. The number of thioether (sulfide) groups is 1. The molecular weight excluding hydrogens is 518 g/mol. The summed E-state index contributed by atoms with van der Waals surface area (Å²) in [6, 6.07) is 7.29. The third kappa shape index (κ3) is 7.56. The van der Waals surface area contributed by atoms with Crippen molar-refractivity contribution in [2.45, 2.75) is 72.5 Å². The molecule has 1 atom stereocenters. The quantitative estimate of drug-likeness (QED) is 0.181. The van der Waals surface area contributed by atoms with Gasteiger partial charge in [0.15, 0.2) is 5.62 Å². The van der Waals surface area contributed by atoms with E-state index in [-0.39, 0.29) is 5.91 Å². The van der Waals surface area contributed by atoms with Gasteiger partial charge < -0.3 is 24.3 Å². The molecule has 0 fully saturated rings. The van der Waals surface area contributed by atoms with Crippen molar-refractivity contribution in [3.63, 3.8) is 0 Å². The van der Waals surface area contributed by atoms with Gasteiger partial charge in [-0.3, -0.25) is 9.59 Å². The fraction of sp³-hybridized carbons (Fsp3) is 0.433. The van der Waals surface area contributed by atoms with Gasteiger partial charge in [0.05, 0.1) is 4.91 Å². The molecule has 210 valence electrons. The van der Waals surface area contributed by atoms with Crippen molar-refractivity contribution in [3.05, 3.63) is 57.0 Å². The number of hydrogen-bond donors (Lipinski definition) is 1. The Morgan fingerprint density at radius 2 is 1.77 bits per heavy atom. The molecule has 1 N–H and O–H groups in total. The zero-order chi connectivity index (χ0) is 29.0. The van der Waals surface area contributed by atoms with Gasteiger partial charge in [0, 0.05) is 12.6 Å². The SMILES string of the molecule is CNC(=O)/C(=C/c1ccc(OCC2(C)CCc3c(C)c(OC(=O)OC(C)(C)C)c(C)c(C)c3O2)cc1)SC=O. The molecule has 39 heavy (non-hydrogen) atoms. The van der Waals surface area contributed by atoms with Gasteiger partial charge in [-0.1, -0.05) is 12.1 Å². The molecule has 1 amide bonds. The molecule has 2 aromatic carbocycles. The molecule has 1 heterocycles. The minimum absolute atomic E-state index is 0.309. The number of carbonyl (C=O) groups excluding carboxylic acids is 3. The number of ether oxygens (including phenoxy) is 4. The van der Waals surface area contributed by atoms with E-state index in [9.17, 15) is 14.4 Å². The topological polar surface area (TPSA) is 100 Å². The second-order valence-corrected chi connectivity index (χ2v) is 11.7. The maximum absolute atomic E-state index is 12.4. The Balaban J connectivity index is 1.73. The van der Waals surface area contributed by atoms with Crippen molar-refractivity contribution in [2.24, 2.45) is 0 Å². The van der Waals surface area contributed by atoms with Crippen LogP contribution in [0.25, 0.3) is 6.08 Å². The fourth-order valence-corrected chi connectivity index (χ4v) is 4.78. The number of nitrogens with one attached hydrogen (secondary N) is 1. The highest BCUT2D eigenvalue weighted by molar-refractivity contribution is 8.16. The molecule has 0 saturated carbocycles. The molecule has 1 unspecified atom stereocenters. The molecule has 0 aliphatic carbocycles. The molecule has 1 aliphatic heterocycles. The lowest BCUT2D eigenvalue weighted by atomic mass is 9.87. The smallest absolute Gasteiger partial charge is 0.489 e. The molecular formula is C30H37NO7S. The summed E-state index contributed by atoms with van der Waals surface area (Å²) in [6.07, 6.45) is 2.39. The minimum atomic E-state index is -0.725. The van der Waals surface area contributed by atoms with E-state index in [1.807, 2.05) is 52.0 Å². The number of carbonyl (C=O) groups is 3. The van der Waals surface area contributed by atoms with Gasteiger partial charge in [0.25, 0.3) is 5.91 Å². The maximum Gasteiger partial charge on any atom is 0.514 e. The van der Waals surface area contributed by atoms with Crippen LogP contribution in [0.15, 0.2) is 29.2 Å². The van der Waals surface area contributed by atoms with E-state index in [2.05, 4.69) is 5.32 Å². The van der Waals surface area contributed by atoms with E-state index in [1.54, 1.807) is 26.8 Å². The molecule has 0 saturated heterocycles. The van der Waals surface area contributed by atoms with Crippen molar-refractivity contribution < 1.29 is 33.3 Å². The number of fused-ring (bicyclic) bond motifs is 1. The van der Waals surface area contributed by atoms with Crippen molar-refractivity contribution in [1.82, 2.24) is 5.32 Å². The van der Waals surface area contributed by atoms with Crippen LogP contribution in [0.3, 0.4) is 0 Å². The summed E-state index contributed by atoms with van der Waals surface area (Å²) in [7, 11) is 1.52. The van der Waals surface area contributed by atoms with Crippen molar-refractivity contribution in [3.8, 4) is 17.2 Å². The van der Waals surface area contributed by atoms with Gasteiger partial charge in [-0.25, -0.2) is 4.79 Å². The largest absolute Gasteiger partial charge is 0.514 e. The van der Waals surface area contributed by atoms with Crippen LogP contribution in [0.2, 0.25) is 0 Å². The first-order valence-electron chi connectivity index (χ1n) is 12.8. The Hall–Kier alpha value is -3.46. The first kappa shape index (κ1) is 30.1. The summed E-state index contributed by atoms with van der Waals surface area (Å²) >= 11 is 0.830. The van der Waals surface area contributed by atoms with Crippen molar-refractivity contribution >= 4 is 35.5 Å². The van der Waals surface area contributed by atoms with Crippen LogP contribution >= 0.6 is 11.8 Å². The second-order valence-electron chi connectivity index (χ2n) is 10.8. The van der Waals surface area contributed by atoms with E-state index in [0.29, 0.717) is 35.1 Å². The lowest BCUT2D eigenvalue weighted by molar-refractivity contribution is -0.116. The zero-order valence-corrected chi connectivity index (χ0v) is 24.7. The monoisotopic (exact) mass is 555 g/mol. The molecule has 1 aliphatic rings. The molecule has 0 radical (unpaired) electrons. The molecule has 0 bridgehead atoms. The van der Waals surface area contributed by atoms with E-state index in [1.165, 1.54) is 7.05 Å². The summed E-state index contributed by atoms with van der Waals surface area (Å²) in [5.41, 5.74) is 3.83. The van der Waals surface area contributed by atoms with Crippen LogP contribution in [-0.4, -0.2) is 42.5 Å². The average molecular weight is 556 g/mol. The van der Waals surface area contributed by atoms with Gasteiger partial charge in [-0.15, -0.1) is 0 Å². The Morgan fingerprint density at radius 1 is 1.10 bits per heavy atom. The maximum atomic E-state index is 12.4. The number of rotatable bonds is 8. The van der Waals surface area contributed by atoms with Gasteiger partial charge in [0.2, 0.25) is 0 Å². The molecule has 9 heteroatoms. The number of hydrogen-bond acceptors (Lipinski definition) is 8. The highest BCUT2D eigenvalue weighted by Gasteiger charge is 2.36. The lowest BCUT2D eigenvalue weighted by Crippen LogP contribution is -2.42. The first-order valence-corrected chi connectivity index (χ1v) is 13.6. The van der Waals surface area contributed by atoms with Crippen molar-refractivity contribution in [2.75, 3.05) is 13.7 Å². The molecule has 3 rings (SSSR count).